The summed E-state index contributed by atoms with van der Waals surface area (Å²) in [6, 6.07) is 0. The quantitative estimate of drug-likeness (QED) is 0.562. The molecular weight excluding hydrogens is 232 g/mol. The first-order valence-electron chi connectivity index (χ1n) is 5.11. The fourth-order valence-electron chi connectivity index (χ4n) is 1.25. The molecule has 7 heteroatoms. The molecule has 0 spiro atoms. The maximum Gasteiger partial charge on any atom is 0.281 e. The molecule has 1 unspecified atom stereocenters. The Morgan fingerprint density at radius 2 is 2.38 bits per heavy atom. The van der Waals surface area contributed by atoms with E-state index in [0.29, 0.717) is 13.1 Å². The zero-order valence-corrected chi connectivity index (χ0v) is 9.70. The van der Waals surface area contributed by atoms with E-state index < -0.39 is 6.10 Å². The number of aliphatic hydroxyl groups is 2. The molecule has 0 aromatic heterocycles. The Kier molecular flexibility index (Phi) is 5.58. The average Bonchev–Trinajstić information content (AvgIpc) is 2.69. The van der Waals surface area contributed by atoms with Crippen molar-refractivity contribution in [2.45, 2.75) is 12.5 Å². The molecule has 0 bridgehead atoms. The minimum absolute atomic E-state index is 0.0168. The summed E-state index contributed by atoms with van der Waals surface area (Å²) in [6.45, 7) is 0.766. The first-order chi connectivity index (χ1) is 7.63. The number of carbonyl (C=O) groups is 2. The summed E-state index contributed by atoms with van der Waals surface area (Å²) in [5.41, 5.74) is 0. The predicted octanol–water partition coefficient (Wildman–Crippen LogP) is -0.985. The van der Waals surface area contributed by atoms with Crippen LogP contribution in [0.1, 0.15) is 6.42 Å². The van der Waals surface area contributed by atoms with Crippen LogP contribution in [0.25, 0.3) is 0 Å². The van der Waals surface area contributed by atoms with Crippen molar-refractivity contribution in [3.8, 4) is 0 Å². The van der Waals surface area contributed by atoms with Crippen LogP contribution in [0.15, 0.2) is 0 Å². The standard InChI is InChI=1S/C9H16N2O4S/c12-6-7(13)5-10-8(14)1-2-11-3-4-16-9(11)15/h7,12-13H,1-6H2,(H,10,14). The van der Waals surface area contributed by atoms with Crippen LogP contribution < -0.4 is 5.32 Å². The van der Waals surface area contributed by atoms with Crippen molar-refractivity contribution in [2.75, 3.05) is 32.0 Å². The van der Waals surface area contributed by atoms with Crippen molar-refractivity contribution in [1.29, 1.82) is 0 Å². The van der Waals surface area contributed by atoms with Gasteiger partial charge < -0.3 is 20.4 Å². The highest BCUT2D eigenvalue weighted by atomic mass is 32.2. The SMILES string of the molecule is O=C(CCN1CCSC1=O)NCC(O)CO. The maximum atomic E-state index is 11.3. The van der Waals surface area contributed by atoms with Gasteiger partial charge in [-0.1, -0.05) is 11.8 Å². The Balaban J connectivity index is 2.12. The Hall–Kier alpha value is -0.790. The highest BCUT2D eigenvalue weighted by Gasteiger charge is 2.21. The van der Waals surface area contributed by atoms with E-state index in [1.807, 2.05) is 0 Å². The van der Waals surface area contributed by atoms with Crippen LogP contribution in [0.4, 0.5) is 4.79 Å². The molecule has 0 aromatic carbocycles. The summed E-state index contributed by atoms with van der Waals surface area (Å²) in [6.07, 6.45) is -0.697. The zero-order chi connectivity index (χ0) is 12.0. The molecule has 0 saturated carbocycles. The van der Waals surface area contributed by atoms with Gasteiger partial charge in [-0.15, -0.1) is 0 Å². The van der Waals surface area contributed by atoms with E-state index in [9.17, 15) is 9.59 Å². The molecule has 2 amide bonds. The molecule has 92 valence electrons. The highest BCUT2D eigenvalue weighted by Crippen LogP contribution is 2.16. The van der Waals surface area contributed by atoms with Gasteiger partial charge >= 0.3 is 0 Å². The number of thioether (sulfide) groups is 1. The van der Waals surface area contributed by atoms with E-state index in [2.05, 4.69) is 5.32 Å². The van der Waals surface area contributed by atoms with Crippen LogP contribution in [0.3, 0.4) is 0 Å². The van der Waals surface area contributed by atoms with Gasteiger partial charge in [0.1, 0.15) is 0 Å². The van der Waals surface area contributed by atoms with Crippen LogP contribution in [0, 0.1) is 0 Å². The fourth-order valence-corrected chi connectivity index (χ4v) is 2.10. The van der Waals surface area contributed by atoms with Crippen molar-refractivity contribution in [1.82, 2.24) is 10.2 Å². The summed E-state index contributed by atoms with van der Waals surface area (Å²) in [7, 11) is 0. The first-order valence-corrected chi connectivity index (χ1v) is 6.09. The monoisotopic (exact) mass is 248 g/mol. The topological polar surface area (TPSA) is 89.9 Å². The summed E-state index contributed by atoms with van der Waals surface area (Å²) >= 11 is 1.26. The van der Waals surface area contributed by atoms with Gasteiger partial charge in [-0.05, 0) is 0 Å². The number of hydrogen-bond donors (Lipinski definition) is 3. The molecule has 1 atom stereocenters. The lowest BCUT2D eigenvalue weighted by Crippen LogP contribution is -2.36. The number of aliphatic hydroxyl groups excluding tert-OH is 2. The molecule has 16 heavy (non-hydrogen) atoms. The Morgan fingerprint density at radius 3 is 2.94 bits per heavy atom. The third kappa shape index (κ3) is 4.38. The summed E-state index contributed by atoms with van der Waals surface area (Å²) in [4.78, 5) is 24.1. The maximum absolute atomic E-state index is 11.3. The number of amides is 2. The van der Waals surface area contributed by atoms with Gasteiger partial charge in [0.25, 0.3) is 5.24 Å². The van der Waals surface area contributed by atoms with Gasteiger partial charge in [0.2, 0.25) is 5.91 Å². The first kappa shape index (κ1) is 13.3. The summed E-state index contributed by atoms with van der Waals surface area (Å²) in [5.74, 6) is 0.557. The number of rotatable bonds is 6. The second-order valence-corrected chi connectivity index (χ2v) is 4.54. The van der Waals surface area contributed by atoms with E-state index in [1.165, 1.54) is 11.8 Å². The van der Waals surface area contributed by atoms with Crippen LogP contribution in [0.5, 0.6) is 0 Å². The van der Waals surface area contributed by atoms with Gasteiger partial charge in [0.15, 0.2) is 0 Å². The molecule has 3 N–H and O–H groups in total. The third-order valence-electron chi connectivity index (χ3n) is 2.20. The molecule has 1 rings (SSSR count). The smallest absolute Gasteiger partial charge is 0.281 e. The van der Waals surface area contributed by atoms with Crippen molar-refractivity contribution in [2.24, 2.45) is 0 Å². The van der Waals surface area contributed by atoms with Crippen molar-refractivity contribution >= 4 is 22.9 Å². The lowest BCUT2D eigenvalue weighted by atomic mass is 10.3. The number of hydrogen-bond acceptors (Lipinski definition) is 5. The van der Waals surface area contributed by atoms with Crippen molar-refractivity contribution < 1.29 is 19.8 Å². The Bertz CT molecular complexity index is 262. The molecule has 1 fully saturated rings. The number of nitrogens with one attached hydrogen (secondary N) is 1. The highest BCUT2D eigenvalue weighted by molar-refractivity contribution is 8.13. The second-order valence-electron chi connectivity index (χ2n) is 3.49. The lowest BCUT2D eigenvalue weighted by Gasteiger charge is -2.14. The largest absolute Gasteiger partial charge is 0.394 e. The summed E-state index contributed by atoms with van der Waals surface area (Å²) < 4.78 is 0. The third-order valence-corrected chi connectivity index (χ3v) is 3.09. The number of nitrogens with zero attached hydrogens (tertiary/aromatic N) is 1. The molecule has 0 radical (unpaired) electrons. The molecule has 0 aromatic rings. The van der Waals surface area contributed by atoms with E-state index in [1.54, 1.807) is 4.90 Å². The molecule has 1 saturated heterocycles. The van der Waals surface area contributed by atoms with E-state index in [4.69, 9.17) is 10.2 Å². The van der Waals surface area contributed by atoms with Gasteiger partial charge in [-0.3, -0.25) is 9.59 Å². The van der Waals surface area contributed by atoms with Crippen LogP contribution in [0.2, 0.25) is 0 Å². The van der Waals surface area contributed by atoms with E-state index >= 15 is 0 Å². The van der Waals surface area contributed by atoms with E-state index in [-0.39, 0.29) is 30.7 Å². The summed E-state index contributed by atoms with van der Waals surface area (Å²) in [5, 5.41) is 20.0. The molecule has 1 aliphatic rings. The average molecular weight is 248 g/mol. The minimum Gasteiger partial charge on any atom is -0.394 e. The molecule has 6 nitrogen and oxygen atoms in total. The molecule has 1 aliphatic heterocycles. The van der Waals surface area contributed by atoms with Crippen molar-refractivity contribution in [3.63, 3.8) is 0 Å². The van der Waals surface area contributed by atoms with Crippen molar-refractivity contribution in [3.05, 3.63) is 0 Å². The minimum atomic E-state index is -0.923. The van der Waals surface area contributed by atoms with Crippen LogP contribution >= 0.6 is 11.8 Å². The van der Waals surface area contributed by atoms with E-state index in [0.717, 1.165) is 5.75 Å². The zero-order valence-electron chi connectivity index (χ0n) is 8.89. The van der Waals surface area contributed by atoms with Gasteiger partial charge in [0, 0.05) is 31.8 Å². The number of carbonyl (C=O) groups excluding carboxylic acids is 2. The molecule has 0 aliphatic carbocycles. The van der Waals surface area contributed by atoms with Crippen LogP contribution in [-0.2, 0) is 4.79 Å². The predicted molar refractivity (Wildman–Crippen MR) is 60.1 cm³/mol. The lowest BCUT2D eigenvalue weighted by molar-refractivity contribution is -0.121. The molecule has 1 heterocycles. The fraction of sp³-hybridized carbons (Fsp3) is 0.778. The normalized spacial score (nSPS) is 17.6. The van der Waals surface area contributed by atoms with Gasteiger partial charge in [0.05, 0.1) is 12.7 Å². The Labute approximate surface area is 98.0 Å². The molecular formula is C9H16N2O4S. The second kappa shape index (κ2) is 6.72. The Morgan fingerprint density at radius 1 is 1.62 bits per heavy atom. The van der Waals surface area contributed by atoms with Gasteiger partial charge in [-0.2, -0.15) is 0 Å². The van der Waals surface area contributed by atoms with Gasteiger partial charge in [-0.25, -0.2) is 0 Å². The van der Waals surface area contributed by atoms with Crippen LogP contribution in [-0.4, -0.2) is 64.4 Å².